The molecule has 4 heteroatoms. The predicted molar refractivity (Wildman–Crippen MR) is 196 cm³/mol. The van der Waals surface area contributed by atoms with E-state index in [1.165, 1.54) is 27.8 Å². The van der Waals surface area contributed by atoms with Crippen LogP contribution in [0.2, 0.25) is 0 Å². The molecule has 1 aliphatic carbocycles. The van der Waals surface area contributed by atoms with Gasteiger partial charge in [0.15, 0.2) is 5.65 Å². The molecule has 0 amide bonds. The summed E-state index contributed by atoms with van der Waals surface area (Å²) in [5, 5.41) is 0. The minimum absolute atomic E-state index is 0.0423. The molecule has 3 aromatic heterocycles. The fourth-order valence-electron chi connectivity index (χ4n) is 7.29. The van der Waals surface area contributed by atoms with Gasteiger partial charge in [-0.2, -0.15) is 0 Å². The zero-order valence-corrected chi connectivity index (χ0v) is 26.8. The van der Waals surface area contributed by atoms with Crippen LogP contribution in [0.15, 0.2) is 158 Å². The van der Waals surface area contributed by atoms with E-state index in [9.17, 15) is 0 Å². The summed E-state index contributed by atoms with van der Waals surface area (Å²) in [6.07, 6.45) is 5.70. The Morgan fingerprint density at radius 3 is 1.98 bits per heavy atom. The van der Waals surface area contributed by atoms with Crippen LogP contribution in [0, 0.1) is 0 Å². The lowest BCUT2D eigenvalue weighted by Crippen LogP contribution is -2.14. The van der Waals surface area contributed by atoms with Crippen LogP contribution in [0.3, 0.4) is 0 Å². The molecule has 4 nitrogen and oxygen atoms in total. The monoisotopic (exact) mass is 616 g/mol. The van der Waals surface area contributed by atoms with E-state index in [1.807, 2.05) is 36.8 Å². The van der Waals surface area contributed by atoms with E-state index in [2.05, 4.69) is 145 Å². The SMILES string of the molecule is CC1(C)c2ccccc2-c2cc(-c3cc(-c4cccnc4)cc(-c4nc5cc(-c6ccccc6)cnc5n4-c4ccccc4)c3)ccc21. The van der Waals surface area contributed by atoms with Crippen molar-refractivity contribution < 1.29 is 0 Å². The van der Waals surface area contributed by atoms with Crippen LogP contribution in [0.4, 0.5) is 0 Å². The molecule has 0 spiro atoms. The van der Waals surface area contributed by atoms with Gasteiger partial charge in [-0.25, -0.2) is 9.97 Å². The molecule has 0 radical (unpaired) electrons. The maximum atomic E-state index is 5.31. The van der Waals surface area contributed by atoms with E-state index in [-0.39, 0.29) is 5.41 Å². The molecule has 5 aromatic carbocycles. The van der Waals surface area contributed by atoms with Gasteiger partial charge in [0.05, 0.1) is 0 Å². The zero-order chi connectivity index (χ0) is 32.2. The highest BCUT2D eigenvalue weighted by Gasteiger charge is 2.35. The summed E-state index contributed by atoms with van der Waals surface area (Å²) in [7, 11) is 0. The van der Waals surface area contributed by atoms with Gasteiger partial charge in [-0.1, -0.05) is 105 Å². The van der Waals surface area contributed by atoms with E-state index in [1.54, 1.807) is 0 Å². The summed E-state index contributed by atoms with van der Waals surface area (Å²) >= 11 is 0. The maximum absolute atomic E-state index is 5.31. The van der Waals surface area contributed by atoms with Crippen LogP contribution in [0.1, 0.15) is 25.0 Å². The smallest absolute Gasteiger partial charge is 0.164 e. The Hall–Kier alpha value is -6.13. The molecular formula is C44H32N4. The van der Waals surface area contributed by atoms with E-state index in [0.717, 1.165) is 56.1 Å². The van der Waals surface area contributed by atoms with Gasteiger partial charge < -0.3 is 0 Å². The topological polar surface area (TPSA) is 43.6 Å². The predicted octanol–water partition coefficient (Wildman–Crippen LogP) is 10.8. The molecule has 0 N–H and O–H groups in total. The third-order valence-electron chi connectivity index (χ3n) is 9.72. The first-order valence-electron chi connectivity index (χ1n) is 16.3. The minimum atomic E-state index is -0.0423. The van der Waals surface area contributed by atoms with Crippen LogP contribution < -0.4 is 0 Å². The lowest BCUT2D eigenvalue weighted by atomic mass is 9.82. The maximum Gasteiger partial charge on any atom is 0.164 e. The summed E-state index contributed by atoms with van der Waals surface area (Å²) in [6.45, 7) is 4.65. The van der Waals surface area contributed by atoms with Gasteiger partial charge in [0.25, 0.3) is 0 Å². The minimum Gasteiger partial charge on any atom is -0.277 e. The van der Waals surface area contributed by atoms with Crippen LogP contribution in [-0.2, 0) is 5.41 Å². The molecular weight excluding hydrogens is 585 g/mol. The van der Waals surface area contributed by atoms with Gasteiger partial charge in [0, 0.05) is 46.4 Å². The van der Waals surface area contributed by atoms with E-state index >= 15 is 0 Å². The first kappa shape index (κ1) is 28.1. The molecule has 228 valence electrons. The largest absolute Gasteiger partial charge is 0.277 e. The summed E-state index contributed by atoms with van der Waals surface area (Å²) in [5.41, 5.74) is 15.6. The second kappa shape index (κ2) is 11.0. The molecule has 0 saturated carbocycles. The number of fused-ring (bicyclic) bond motifs is 4. The number of pyridine rings is 2. The first-order chi connectivity index (χ1) is 23.5. The Kier molecular flexibility index (Phi) is 6.44. The van der Waals surface area contributed by atoms with E-state index in [0.29, 0.717) is 0 Å². The Labute approximate surface area is 280 Å². The molecule has 0 atom stereocenters. The number of nitrogens with zero attached hydrogens (tertiary/aromatic N) is 4. The Bertz CT molecular complexity index is 2460. The Morgan fingerprint density at radius 1 is 0.500 bits per heavy atom. The average molecular weight is 617 g/mol. The summed E-state index contributed by atoms with van der Waals surface area (Å²) in [4.78, 5) is 14.8. The third kappa shape index (κ3) is 4.57. The quantitative estimate of drug-likeness (QED) is 0.193. The molecule has 0 saturated heterocycles. The summed E-state index contributed by atoms with van der Waals surface area (Å²) < 4.78 is 2.18. The lowest BCUT2D eigenvalue weighted by molar-refractivity contribution is 0.660. The lowest BCUT2D eigenvalue weighted by Gasteiger charge is -2.21. The van der Waals surface area contributed by atoms with E-state index in [4.69, 9.17) is 9.97 Å². The molecule has 8 aromatic rings. The van der Waals surface area contributed by atoms with Crippen LogP contribution >= 0.6 is 0 Å². The summed E-state index contributed by atoms with van der Waals surface area (Å²) in [5.74, 6) is 0.841. The second-order valence-electron chi connectivity index (χ2n) is 13.0. The van der Waals surface area contributed by atoms with Crippen molar-refractivity contribution in [1.29, 1.82) is 0 Å². The van der Waals surface area contributed by atoms with Crippen molar-refractivity contribution in [2.24, 2.45) is 0 Å². The zero-order valence-electron chi connectivity index (χ0n) is 26.8. The van der Waals surface area contributed by atoms with Gasteiger partial charge in [-0.05, 0) is 93.0 Å². The molecule has 0 bridgehead atoms. The van der Waals surface area contributed by atoms with Crippen molar-refractivity contribution in [3.63, 3.8) is 0 Å². The standard InChI is InChI=1S/C44H32N4/c1-44(2)39-18-10-9-17-37(39)38-25-30(19-20-40(38)44)32-22-33(31-14-11-21-45-27-31)24-34(23-32)42-47-41-26-35(29-12-5-3-6-13-29)28-46-43(41)48(42)36-15-7-4-8-16-36/h3-28H,1-2H3. The van der Waals surface area contributed by atoms with Crippen LogP contribution in [0.5, 0.6) is 0 Å². The van der Waals surface area contributed by atoms with Crippen molar-refractivity contribution >= 4 is 11.2 Å². The molecule has 9 rings (SSSR count). The highest BCUT2D eigenvalue weighted by Crippen LogP contribution is 2.49. The molecule has 1 aliphatic rings. The van der Waals surface area contributed by atoms with Crippen molar-refractivity contribution in [3.05, 3.63) is 169 Å². The van der Waals surface area contributed by atoms with Gasteiger partial charge in [0.1, 0.15) is 11.3 Å². The van der Waals surface area contributed by atoms with Crippen molar-refractivity contribution in [2.45, 2.75) is 19.3 Å². The molecule has 0 fully saturated rings. The Morgan fingerprint density at radius 2 is 1.19 bits per heavy atom. The molecule has 0 aliphatic heterocycles. The molecule has 0 unspecified atom stereocenters. The van der Waals surface area contributed by atoms with Crippen LogP contribution in [-0.4, -0.2) is 19.5 Å². The average Bonchev–Trinajstić information content (AvgIpc) is 3.64. The fourth-order valence-corrected chi connectivity index (χ4v) is 7.29. The number of rotatable bonds is 5. The van der Waals surface area contributed by atoms with E-state index < -0.39 is 0 Å². The third-order valence-corrected chi connectivity index (χ3v) is 9.72. The Balaban J connectivity index is 1.28. The van der Waals surface area contributed by atoms with Crippen molar-refractivity contribution in [2.75, 3.05) is 0 Å². The van der Waals surface area contributed by atoms with Gasteiger partial charge >= 0.3 is 0 Å². The highest BCUT2D eigenvalue weighted by molar-refractivity contribution is 5.89. The number of para-hydroxylation sites is 1. The molecule has 3 heterocycles. The van der Waals surface area contributed by atoms with Gasteiger partial charge in [-0.3, -0.25) is 9.55 Å². The number of hydrogen-bond donors (Lipinski definition) is 0. The fraction of sp³-hybridized carbons (Fsp3) is 0.0682. The first-order valence-corrected chi connectivity index (χ1v) is 16.3. The number of hydrogen-bond acceptors (Lipinski definition) is 3. The number of benzene rings is 5. The number of aromatic nitrogens is 4. The van der Waals surface area contributed by atoms with Crippen LogP contribution in [0.25, 0.3) is 72.7 Å². The highest BCUT2D eigenvalue weighted by atomic mass is 15.1. The second-order valence-corrected chi connectivity index (χ2v) is 13.0. The van der Waals surface area contributed by atoms with Gasteiger partial charge in [-0.15, -0.1) is 0 Å². The normalized spacial score (nSPS) is 13.0. The van der Waals surface area contributed by atoms with Gasteiger partial charge in [0.2, 0.25) is 0 Å². The summed E-state index contributed by atoms with van der Waals surface area (Å²) in [6, 6.07) is 49.5. The van der Waals surface area contributed by atoms with Crippen molar-refractivity contribution in [3.8, 4) is 61.6 Å². The molecule has 48 heavy (non-hydrogen) atoms. The van der Waals surface area contributed by atoms with Crippen molar-refractivity contribution in [1.82, 2.24) is 19.5 Å². The number of imidazole rings is 1.